The van der Waals surface area contributed by atoms with Crippen LogP contribution in [0.4, 0.5) is 0 Å². The van der Waals surface area contributed by atoms with Crippen molar-refractivity contribution in [2.24, 2.45) is 11.1 Å². The van der Waals surface area contributed by atoms with Crippen LogP contribution in [-0.2, 0) is 14.2 Å². The zero-order valence-corrected chi connectivity index (χ0v) is 7.50. The number of hydrogen-bond acceptors (Lipinski definition) is 4. The van der Waals surface area contributed by atoms with E-state index in [1.807, 2.05) is 6.92 Å². The Labute approximate surface area is 72.0 Å². The van der Waals surface area contributed by atoms with Gasteiger partial charge in [0.1, 0.15) is 0 Å². The second-order valence-corrected chi connectivity index (χ2v) is 4.07. The Balaban J connectivity index is 2.14. The minimum Gasteiger partial charge on any atom is -0.325 e. The summed E-state index contributed by atoms with van der Waals surface area (Å²) in [5.41, 5.74) is 5.73. The third-order valence-corrected chi connectivity index (χ3v) is 2.42. The fourth-order valence-corrected chi connectivity index (χ4v) is 1.47. The summed E-state index contributed by atoms with van der Waals surface area (Å²) in [5.74, 6) is -0.961. The SMILES string of the molecule is CC(N)C12OCC(C)(CO1)CO2. The van der Waals surface area contributed by atoms with Gasteiger partial charge in [-0.05, 0) is 6.92 Å². The van der Waals surface area contributed by atoms with Gasteiger partial charge in [-0.1, -0.05) is 6.92 Å². The average Bonchev–Trinajstić information content (AvgIpc) is 2.06. The lowest BCUT2D eigenvalue weighted by atomic mass is 9.91. The molecule has 12 heavy (non-hydrogen) atoms. The van der Waals surface area contributed by atoms with Crippen LogP contribution in [0.5, 0.6) is 0 Å². The highest BCUT2D eigenvalue weighted by atomic mass is 16.9. The molecule has 3 heterocycles. The lowest BCUT2D eigenvalue weighted by molar-refractivity contribution is -0.470. The number of hydrogen-bond donors (Lipinski definition) is 1. The van der Waals surface area contributed by atoms with Crippen molar-refractivity contribution < 1.29 is 14.2 Å². The molecule has 0 aromatic rings. The number of nitrogens with two attached hydrogens (primary N) is 1. The normalized spacial score (nSPS) is 49.2. The van der Waals surface area contributed by atoms with Crippen LogP contribution in [0.1, 0.15) is 13.8 Å². The van der Waals surface area contributed by atoms with E-state index in [9.17, 15) is 0 Å². The number of fused-ring (bicyclic) bond motifs is 3. The molecule has 0 saturated carbocycles. The Bertz CT molecular complexity index is 168. The second-order valence-electron chi connectivity index (χ2n) is 4.07. The van der Waals surface area contributed by atoms with E-state index in [-0.39, 0.29) is 11.5 Å². The minimum absolute atomic E-state index is 0.0244. The third kappa shape index (κ3) is 1.07. The van der Waals surface area contributed by atoms with Gasteiger partial charge in [0.2, 0.25) is 0 Å². The van der Waals surface area contributed by atoms with Gasteiger partial charge in [0.15, 0.2) is 0 Å². The molecule has 3 aliphatic heterocycles. The molecule has 1 unspecified atom stereocenters. The third-order valence-electron chi connectivity index (χ3n) is 2.42. The second kappa shape index (κ2) is 2.42. The maximum atomic E-state index is 5.71. The largest absolute Gasteiger partial charge is 0.325 e. The van der Waals surface area contributed by atoms with E-state index < -0.39 is 5.97 Å². The van der Waals surface area contributed by atoms with Crippen molar-refractivity contribution in [1.29, 1.82) is 0 Å². The average molecular weight is 173 g/mol. The molecular weight excluding hydrogens is 158 g/mol. The monoisotopic (exact) mass is 173 g/mol. The quantitative estimate of drug-likeness (QED) is 0.609. The fourth-order valence-electron chi connectivity index (χ4n) is 1.47. The Morgan fingerprint density at radius 2 is 1.58 bits per heavy atom. The molecule has 2 N–H and O–H groups in total. The summed E-state index contributed by atoms with van der Waals surface area (Å²) in [6.07, 6.45) is 0. The van der Waals surface area contributed by atoms with E-state index >= 15 is 0 Å². The van der Waals surface area contributed by atoms with E-state index in [4.69, 9.17) is 19.9 Å². The summed E-state index contributed by atoms with van der Waals surface area (Å²) in [4.78, 5) is 0. The van der Waals surface area contributed by atoms with Gasteiger partial charge in [-0.25, -0.2) is 0 Å². The predicted octanol–water partition coefficient (Wildman–Crippen LogP) is 0.0707. The highest BCUT2D eigenvalue weighted by molar-refractivity contribution is 4.87. The van der Waals surface area contributed by atoms with E-state index in [0.717, 1.165) is 0 Å². The van der Waals surface area contributed by atoms with Gasteiger partial charge in [-0.15, -0.1) is 0 Å². The summed E-state index contributed by atoms with van der Waals surface area (Å²) in [6, 6.07) is -0.248. The minimum atomic E-state index is -0.961. The van der Waals surface area contributed by atoms with Crippen LogP contribution in [-0.4, -0.2) is 31.8 Å². The first-order valence-corrected chi connectivity index (χ1v) is 4.24. The molecule has 3 rings (SSSR count). The summed E-state index contributed by atoms with van der Waals surface area (Å²) in [7, 11) is 0. The van der Waals surface area contributed by atoms with Crippen LogP contribution in [0.3, 0.4) is 0 Å². The lowest BCUT2D eigenvalue weighted by Gasteiger charge is -2.51. The van der Waals surface area contributed by atoms with Crippen molar-refractivity contribution in [2.75, 3.05) is 19.8 Å². The van der Waals surface area contributed by atoms with Gasteiger partial charge in [0.05, 0.1) is 25.9 Å². The topological polar surface area (TPSA) is 53.7 Å². The molecule has 0 amide bonds. The van der Waals surface area contributed by atoms with Crippen molar-refractivity contribution in [3.8, 4) is 0 Å². The van der Waals surface area contributed by atoms with Crippen molar-refractivity contribution >= 4 is 0 Å². The van der Waals surface area contributed by atoms with E-state index in [0.29, 0.717) is 19.8 Å². The highest BCUT2D eigenvalue weighted by Crippen LogP contribution is 2.38. The standard InChI is InChI=1S/C8H15NO3/c1-6(9)8-10-3-7(2,4-11-8)5-12-8/h6H,3-5,9H2,1-2H3. The van der Waals surface area contributed by atoms with Crippen LogP contribution in [0.25, 0.3) is 0 Å². The molecular formula is C8H15NO3. The molecule has 2 bridgehead atoms. The van der Waals surface area contributed by atoms with E-state index in [1.54, 1.807) is 0 Å². The summed E-state index contributed by atoms with van der Waals surface area (Å²) in [6.45, 7) is 5.93. The Morgan fingerprint density at radius 1 is 1.17 bits per heavy atom. The summed E-state index contributed by atoms with van der Waals surface area (Å²) in [5, 5.41) is 0. The molecule has 4 nitrogen and oxygen atoms in total. The van der Waals surface area contributed by atoms with Crippen molar-refractivity contribution in [1.82, 2.24) is 0 Å². The molecule has 70 valence electrons. The zero-order chi connectivity index (χ0) is 8.82. The van der Waals surface area contributed by atoms with Crippen LogP contribution in [0.15, 0.2) is 0 Å². The Kier molecular flexibility index (Phi) is 1.70. The molecule has 4 heteroatoms. The molecule has 0 spiro atoms. The van der Waals surface area contributed by atoms with Crippen LogP contribution in [0.2, 0.25) is 0 Å². The Morgan fingerprint density at radius 3 is 1.92 bits per heavy atom. The van der Waals surface area contributed by atoms with Crippen molar-refractivity contribution in [2.45, 2.75) is 25.9 Å². The first kappa shape index (κ1) is 8.44. The van der Waals surface area contributed by atoms with Crippen LogP contribution in [0, 0.1) is 5.41 Å². The molecule has 1 atom stereocenters. The first-order chi connectivity index (χ1) is 5.56. The molecule has 0 radical (unpaired) electrons. The molecule has 0 aliphatic carbocycles. The van der Waals surface area contributed by atoms with Gasteiger partial charge in [-0.3, -0.25) is 0 Å². The van der Waals surface area contributed by atoms with E-state index in [1.165, 1.54) is 0 Å². The number of ether oxygens (including phenoxy) is 3. The lowest BCUT2D eigenvalue weighted by Crippen LogP contribution is -2.65. The van der Waals surface area contributed by atoms with Crippen molar-refractivity contribution in [3.63, 3.8) is 0 Å². The van der Waals surface area contributed by atoms with Gasteiger partial charge < -0.3 is 19.9 Å². The van der Waals surface area contributed by atoms with Gasteiger partial charge in [0.25, 0.3) is 5.97 Å². The predicted molar refractivity (Wildman–Crippen MR) is 42.3 cm³/mol. The molecule has 3 saturated heterocycles. The summed E-state index contributed by atoms with van der Waals surface area (Å²) >= 11 is 0. The summed E-state index contributed by atoms with van der Waals surface area (Å²) < 4.78 is 16.4. The highest BCUT2D eigenvalue weighted by Gasteiger charge is 2.52. The smallest absolute Gasteiger partial charge is 0.298 e. The van der Waals surface area contributed by atoms with Crippen LogP contribution >= 0.6 is 0 Å². The Hall–Kier alpha value is -0.160. The maximum absolute atomic E-state index is 5.71. The fraction of sp³-hybridized carbons (Fsp3) is 1.00. The van der Waals surface area contributed by atoms with Gasteiger partial charge >= 0.3 is 0 Å². The molecule has 3 fully saturated rings. The molecule has 0 aromatic carbocycles. The van der Waals surface area contributed by atoms with Gasteiger partial charge in [-0.2, -0.15) is 0 Å². The number of rotatable bonds is 1. The van der Waals surface area contributed by atoms with Gasteiger partial charge in [0, 0.05) is 5.41 Å². The van der Waals surface area contributed by atoms with E-state index in [2.05, 4.69) is 6.92 Å². The van der Waals surface area contributed by atoms with Crippen LogP contribution < -0.4 is 5.73 Å². The first-order valence-electron chi connectivity index (χ1n) is 4.24. The molecule has 3 aliphatic rings. The molecule has 0 aromatic heterocycles. The maximum Gasteiger partial charge on any atom is 0.298 e. The zero-order valence-electron chi connectivity index (χ0n) is 7.50. The van der Waals surface area contributed by atoms with Crippen molar-refractivity contribution in [3.05, 3.63) is 0 Å².